The maximum atomic E-state index is 9.98. The van der Waals surface area contributed by atoms with Crippen LogP contribution in [0.4, 0.5) is 5.82 Å². The molecule has 15 heavy (non-hydrogen) atoms. The molecule has 1 aliphatic rings. The Morgan fingerprint density at radius 2 is 2.33 bits per heavy atom. The fourth-order valence-corrected chi connectivity index (χ4v) is 2.21. The minimum Gasteiger partial charge on any atom is -0.388 e. The van der Waals surface area contributed by atoms with Gasteiger partial charge in [0.1, 0.15) is 16.7 Å². The van der Waals surface area contributed by atoms with Gasteiger partial charge < -0.3 is 10.0 Å². The average Bonchev–Trinajstić information content (AvgIpc) is 2.16. The first-order chi connectivity index (χ1) is 7.07. The number of aliphatic hydroxyl groups is 1. The molecule has 1 aromatic rings. The lowest BCUT2D eigenvalue weighted by molar-refractivity contribution is 0.0447. The summed E-state index contributed by atoms with van der Waals surface area (Å²) in [5, 5.41) is 9.98. The smallest absolute Gasteiger partial charge is 0.133 e. The van der Waals surface area contributed by atoms with Gasteiger partial charge in [-0.25, -0.2) is 9.97 Å². The third-order valence-corrected chi connectivity index (χ3v) is 3.05. The zero-order valence-electron chi connectivity index (χ0n) is 8.65. The number of hydrogen-bond donors (Lipinski definition) is 1. The molecule has 0 amide bonds. The molecule has 0 bridgehead atoms. The first kappa shape index (κ1) is 10.8. The maximum Gasteiger partial charge on any atom is 0.133 e. The molecule has 1 aliphatic heterocycles. The molecule has 0 spiro atoms. The van der Waals surface area contributed by atoms with Crippen LogP contribution in [0.3, 0.4) is 0 Å². The Bertz CT molecular complexity index is 356. The van der Waals surface area contributed by atoms with Crippen LogP contribution in [0.15, 0.2) is 17.0 Å². The second-order valence-electron chi connectivity index (χ2n) is 4.22. The van der Waals surface area contributed by atoms with Gasteiger partial charge in [-0.3, -0.25) is 0 Å². The van der Waals surface area contributed by atoms with Crippen LogP contribution in [0.5, 0.6) is 0 Å². The van der Waals surface area contributed by atoms with Gasteiger partial charge in [0.15, 0.2) is 0 Å². The molecule has 1 N–H and O–H groups in total. The number of nitrogens with zero attached hydrogens (tertiary/aromatic N) is 3. The van der Waals surface area contributed by atoms with Crippen molar-refractivity contribution in [2.75, 3.05) is 18.0 Å². The van der Waals surface area contributed by atoms with Crippen molar-refractivity contribution < 1.29 is 5.11 Å². The summed E-state index contributed by atoms with van der Waals surface area (Å²) in [4.78, 5) is 10.3. The van der Waals surface area contributed by atoms with E-state index in [-0.39, 0.29) is 0 Å². The largest absolute Gasteiger partial charge is 0.388 e. The van der Waals surface area contributed by atoms with Gasteiger partial charge in [0.25, 0.3) is 0 Å². The average molecular weight is 272 g/mol. The third kappa shape index (κ3) is 2.66. The van der Waals surface area contributed by atoms with E-state index in [1.54, 1.807) is 0 Å². The van der Waals surface area contributed by atoms with Crippen LogP contribution in [0.1, 0.15) is 19.8 Å². The Balaban J connectivity index is 2.17. The van der Waals surface area contributed by atoms with Gasteiger partial charge in [-0.05, 0) is 35.7 Å². The molecule has 1 atom stereocenters. The number of aromatic nitrogens is 2. The SMILES string of the molecule is CC1(O)CCCN(c2cc(Br)ncn2)C1. The van der Waals surface area contributed by atoms with Crippen LogP contribution in [0.25, 0.3) is 0 Å². The van der Waals surface area contributed by atoms with Gasteiger partial charge in [-0.15, -0.1) is 0 Å². The van der Waals surface area contributed by atoms with E-state index in [0.29, 0.717) is 6.54 Å². The highest BCUT2D eigenvalue weighted by molar-refractivity contribution is 9.10. The van der Waals surface area contributed by atoms with Crippen LogP contribution < -0.4 is 4.90 Å². The van der Waals surface area contributed by atoms with Gasteiger partial charge >= 0.3 is 0 Å². The van der Waals surface area contributed by atoms with E-state index >= 15 is 0 Å². The minimum atomic E-state index is -0.602. The van der Waals surface area contributed by atoms with Crippen LogP contribution in [-0.2, 0) is 0 Å². The number of β-amino-alcohol motifs (C(OH)–C–C–N with tert-alkyl or cyclic N) is 1. The summed E-state index contributed by atoms with van der Waals surface area (Å²) >= 11 is 3.32. The molecule has 1 saturated heterocycles. The van der Waals surface area contributed by atoms with Crippen LogP contribution in [0, 0.1) is 0 Å². The van der Waals surface area contributed by atoms with Crippen molar-refractivity contribution in [3.05, 3.63) is 17.0 Å². The van der Waals surface area contributed by atoms with Crippen LogP contribution >= 0.6 is 15.9 Å². The van der Waals surface area contributed by atoms with E-state index in [0.717, 1.165) is 29.8 Å². The molecule has 2 rings (SSSR count). The van der Waals surface area contributed by atoms with Crippen molar-refractivity contribution >= 4 is 21.7 Å². The standard InChI is InChI=1S/C10H14BrN3O/c1-10(15)3-2-4-14(6-10)9-5-8(11)12-7-13-9/h5,7,15H,2-4,6H2,1H3. The first-order valence-electron chi connectivity index (χ1n) is 5.02. The van der Waals surface area contributed by atoms with Crippen molar-refractivity contribution in [1.82, 2.24) is 9.97 Å². The molecule has 1 fully saturated rings. The fourth-order valence-electron chi connectivity index (χ4n) is 1.91. The highest BCUT2D eigenvalue weighted by atomic mass is 79.9. The Kier molecular flexibility index (Phi) is 2.93. The van der Waals surface area contributed by atoms with E-state index in [1.807, 2.05) is 13.0 Å². The van der Waals surface area contributed by atoms with Gasteiger partial charge in [0.2, 0.25) is 0 Å². The number of piperidine rings is 1. The summed E-state index contributed by atoms with van der Waals surface area (Å²) in [5.41, 5.74) is -0.602. The highest BCUT2D eigenvalue weighted by Gasteiger charge is 2.28. The molecule has 0 aromatic carbocycles. The Hall–Kier alpha value is -0.680. The van der Waals surface area contributed by atoms with E-state index < -0.39 is 5.60 Å². The molecule has 0 radical (unpaired) electrons. The fraction of sp³-hybridized carbons (Fsp3) is 0.600. The van der Waals surface area contributed by atoms with Gasteiger partial charge in [0.05, 0.1) is 5.60 Å². The molecule has 0 saturated carbocycles. The Morgan fingerprint density at radius 1 is 1.53 bits per heavy atom. The highest BCUT2D eigenvalue weighted by Crippen LogP contribution is 2.24. The second-order valence-corrected chi connectivity index (χ2v) is 5.03. The number of anilines is 1. The normalized spacial score (nSPS) is 26.7. The van der Waals surface area contributed by atoms with E-state index in [9.17, 15) is 5.11 Å². The molecule has 1 unspecified atom stereocenters. The monoisotopic (exact) mass is 271 g/mol. The summed E-state index contributed by atoms with van der Waals surface area (Å²) in [7, 11) is 0. The molecule has 5 heteroatoms. The first-order valence-corrected chi connectivity index (χ1v) is 5.81. The van der Waals surface area contributed by atoms with Crippen molar-refractivity contribution in [2.24, 2.45) is 0 Å². The molecule has 1 aromatic heterocycles. The van der Waals surface area contributed by atoms with Gasteiger partial charge in [-0.1, -0.05) is 0 Å². The van der Waals surface area contributed by atoms with Crippen LogP contribution in [-0.4, -0.2) is 33.8 Å². The predicted octanol–water partition coefficient (Wildman–Crippen LogP) is 1.59. The van der Waals surface area contributed by atoms with Gasteiger partial charge in [0, 0.05) is 19.2 Å². The Morgan fingerprint density at radius 3 is 3.00 bits per heavy atom. The third-order valence-electron chi connectivity index (χ3n) is 2.62. The maximum absolute atomic E-state index is 9.98. The zero-order chi connectivity index (χ0) is 10.9. The number of hydrogen-bond acceptors (Lipinski definition) is 4. The molecular formula is C10H14BrN3O. The predicted molar refractivity (Wildman–Crippen MR) is 61.8 cm³/mol. The summed E-state index contributed by atoms with van der Waals surface area (Å²) in [6.45, 7) is 3.45. The number of halogens is 1. The molecule has 0 aliphatic carbocycles. The molecule has 2 heterocycles. The minimum absolute atomic E-state index is 0.602. The molecular weight excluding hydrogens is 258 g/mol. The quantitative estimate of drug-likeness (QED) is 0.789. The van der Waals surface area contributed by atoms with Crippen molar-refractivity contribution in [3.63, 3.8) is 0 Å². The topological polar surface area (TPSA) is 49.2 Å². The zero-order valence-corrected chi connectivity index (χ0v) is 10.2. The lowest BCUT2D eigenvalue weighted by atomic mass is 9.95. The van der Waals surface area contributed by atoms with E-state index in [2.05, 4.69) is 30.8 Å². The lowest BCUT2D eigenvalue weighted by Gasteiger charge is -2.37. The van der Waals surface area contributed by atoms with Crippen molar-refractivity contribution in [1.29, 1.82) is 0 Å². The van der Waals surface area contributed by atoms with E-state index in [4.69, 9.17) is 0 Å². The van der Waals surface area contributed by atoms with E-state index in [1.165, 1.54) is 6.33 Å². The second kappa shape index (κ2) is 4.06. The summed E-state index contributed by atoms with van der Waals surface area (Å²) in [5.74, 6) is 0.872. The Labute approximate surface area is 97.5 Å². The lowest BCUT2D eigenvalue weighted by Crippen LogP contribution is -2.46. The molecule has 4 nitrogen and oxygen atoms in total. The summed E-state index contributed by atoms with van der Waals surface area (Å²) in [6, 6.07) is 1.88. The van der Waals surface area contributed by atoms with Crippen molar-refractivity contribution in [2.45, 2.75) is 25.4 Å². The van der Waals surface area contributed by atoms with Crippen molar-refractivity contribution in [3.8, 4) is 0 Å². The molecule has 82 valence electrons. The summed E-state index contributed by atoms with van der Waals surface area (Å²) < 4.78 is 0.776. The van der Waals surface area contributed by atoms with Crippen LogP contribution in [0.2, 0.25) is 0 Å². The summed E-state index contributed by atoms with van der Waals surface area (Å²) in [6.07, 6.45) is 3.38. The number of rotatable bonds is 1. The van der Waals surface area contributed by atoms with Gasteiger partial charge in [-0.2, -0.15) is 0 Å².